The number of para-hydroxylation sites is 2. The number of amides is 1. The molecule has 0 saturated heterocycles. The highest BCUT2D eigenvalue weighted by Gasteiger charge is 2.28. The predicted octanol–water partition coefficient (Wildman–Crippen LogP) is 0.817. The molecule has 0 bridgehead atoms. The van der Waals surface area contributed by atoms with Gasteiger partial charge in [0.1, 0.15) is 0 Å². The first-order valence-electron chi connectivity index (χ1n) is 5.47. The van der Waals surface area contributed by atoms with Crippen molar-refractivity contribution in [1.29, 1.82) is 0 Å². The predicted molar refractivity (Wildman–Crippen MR) is 65.7 cm³/mol. The van der Waals surface area contributed by atoms with Gasteiger partial charge in [-0.3, -0.25) is 4.79 Å². The molecular formula is C12H17N3O. The molecule has 1 heterocycles. The molecule has 16 heavy (non-hydrogen) atoms. The fraction of sp³-hybridized carbons (Fsp3) is 0.417. The third-order valence-corrected chi connectivity index (χ3v) is 3.11. The Hall–Kier alpha value is -1.55. The molecule has 1 aromatic rings. The van der Waals surface area contributed by atoms with E-state index in [1.165, 1.54) is 0 Å². The fourth-order valence-electron chi connectivity index (χ4n) is 1.98. The summed E-state index contributed by atoms with van der Waals surface area (Å²) in [5.41, 5.74) is 7.72. The molecule has 4 heteroatoms. The number of hydrogen-bond acceptors (Lipinski definition) is 3. The van der Waals surface area contributed by atoms with Crippen LogP contribution >= 0.6 is 0 Å². The van der Waals surface area contributed by atoms with Crippen LogP contribution in [-0.4, -0.2) is 32.1 Å². The lowest BCUT2D eigenvalue weighted by molar-refractivity contribution is -0.117. The summed E-state index contributed by atoms with van der Waals surface area (Å²) in [6.07, 6.45) is 0. The number of rotatable bonds is 2. The van der Waals surface area contributed by atoms with E-state index in [1.807, 2.05) is 38.2 Å². The van der Waals surface area contributed by atoms with Crippen molar-refractivity contribution in [3.05, 3.63) is 24.3 Å². The normalized spacial score (nSPS) is 17.3. The van der Waals surface area contributed by atoms with Crippen LogP contribution in [0.4, 0.5) is 11.4 Å². The van der Waals surface area contributed by atoms with Crippen molar-refractivity contribution in [2.24, 2.45) is 5.73 Å². The molecule has 0 aliphatic carbocycles. The fourth-order valence-corrected chi connectivity index (χ4v) is 1.98. The van der Waals surface area contributed by atoms with Crippen LogP contribution in [0.2, 0.25) is 0 Å². The van der Waals surface area contributed by atoms with Crippen LogP contribution in [0.5, 0.6) is 0 Å². The number of anilines is 2. The van der Waals surface area contributed by atoms with Gasteiger partial charge in [-0.15, -0.1) is 0 Å². The second kappa shape index (κ2) is 4.14. The molecular weight excluding hydrogens is 202 g/mol. The van der Waals surface area contributed by atoms with E-state index in [0.717, 1.165) is 11.4 Å². The van der Waals surface area contributed by atoms with Gasteiger partial charge in [0, 0.05) is 19.6 Å². The van der Waals surface area contributed by atoms with E-state index in [1.54, 1.807) is 4.90 Å². The molecule has 1 unspecified atom stereocenters. The van der Waals surface area contributed by atoms with Crippen molar-refractivity contribution in [1.82, 2.24) is 0 Å². The Morgan fingerprint density at radius 2 is 2.00 bits per heavy atom. The second-order valence-electron chi connectivity index (χ2n) is 4.15. The smallest absolute Gasteiger partial charge is 0.246 e. The molecule has 86 valence electrons. The van der Waals surface area contributed by atoms with Crippen LogP contribution in [0.25, 0.3) is 0 Å². The number of nitrogens with two attached hydrogens (primary N) is 1. The Morgan fingerprint density at radius 1 is 1.38 bits per heavy atom. The van der Waals surface area contributed by atoms with Crippen LogP contribution in [0, 0.1) is 0 Å². The molecule has 1 aliphatic rings. The number of likely N-dealkylation sites (N-methyl/N-ethyl adjacent to an activating group) is 1. The summed E-state index contributed by atoms with van der Waals surface area (Å²) in [5, 5.41) is 0. The summed E-state index contributed by atoms with van der Waals surface area (Å²) in [6.45, 7) is 2.99. The standard InChI is InChI=1S/C12H17N3O/c1-9(7-13)15-8-12(16)14(2)10-5-3-4-6-11(10)15/h3-6,9H,7-8,13H2,1-2H3. The number of hydrogen-bond donors (Lipinski definition) is 1. The van der Waals surface area contributed by atoms with Gasteiger partial charge in [-0.05, 0) is 19.1 Å². The molecule has 0 radical (unpaired) electrons. The van der Waals surface area contributed by atoms with E-state index in [9.17, 15) is 4.79 Å². The topological polar surface area (TPSA) is 49.6 Å². The maximum atomic E-state index is 11.8. The van der Waals surface area contributed by atoms with E-state index in [4.69, 9.17) is 5.73 Å². The Morgan fingerprint density at radius 3 is 2.62 bits per heavy atom. The molecule has 2 N–H and O–H groups in total. The summed E-state index contributed by atoms with van der Waals surface area (Å²) < 4.78 is 0. The van der Waals surface area contributed by atoms with Crippen LogP contribution in [0.3, 0.4) is 0 Å². The van der Waals surface area contributed by atoms with Gasteiger partial charge in [-0.2, -0.15) is 0 Å². The highest BCUT2D eigenvalue weighted by Crippen LogP contribution is 2.33. The Labute approximate surface area is 95.6 Å². The Balaban J connectivity index is 2.44. The van der Waals surface area contributed by atoms with Gasteiger partial charge in [0.25, 0.3) is 0 Å². The first kappa shape index (κ1) is 11.0. The van der Waals surface area contributed by atoms with Gasteiger partial charge < -0.3 is 15.5 Å². The molecule has 0 fully saturated rings. The third-order valence-electron chi connectivity index (χ3n) is 3.11. The molecule has 0 spiro atoms. The summed E-state index contributed by atoms with van der Waals surface area (Å²) in [6, 6.07) is 8.10. The van der Waals surface area contributed by atoms with Crippen molar-refractivity contribution < 1.29 is 4.79 Å². The van der Waals surface area contributed by atoms with Crippen molar-refractivity contribution in [3.8, 4) is 0 Å². The highest BCUT2D eigenvalue weighted by molar-refractivity contribution is 6.02. The average Bonchev–Trinajstić information content (AvgIpc) is 2.33. The van der Waals surface area contributed by atoms with E-state index in [-0.39, 0.29) is 11.9 Å². The third kappa shape index (κ3) is 1.65. The Bertz CT molecular complexity index is 405. The first-order valence-corrected chi connectivity index (χ1v) is 5.47. The van der Waals surface area contributed by atoms with E-state index in [0.29, 0.717) is 13.1 Å². The summed E-state index contributed by atoms with van der Waals surface area (Å²) >= 11 is 0. The quantitative estimate of drug-likeness (QED) is 0.801. The van der Waals surface area contributed by atoms with Crippen molar-refractivity contribution >= 4 is 17.3 Å². The second-order valence-corrected chi connectivity index (χ2v) is 4.15. The minimum Gasteiger partial charge on any atom is -0.357 e. The molecule has 4 nitrogen and oxygen atoms in total. The zero-order valence-corrected chi connectivity index (χ0v) is 9.68. The van der Waals surface area contributed by atoms with Gasteiger partial charge in [-0.1, -0.05) is 12.1 Å². The molecule has 0 aromatic heterocycles. The molecule has 1 aliphatic heterocycles. The largest absolute Gasteiger partial charge is 0.357 e. The lowest BCUT2D eigenvalue weighted by Gasteiger charge is -2.38. The van der Waals surface area contributed by atoms with Gasteiger partial charge in [0.15, 0.2) is 0 Å². The number of carbonyl (C=O) groups excluding carboxylic acids is 1. The zero-order valence-electron chi connectivity index (χ0n) is 9.68. The average molecular weight is 219 g/mol. The molecule has 2 rings (SSSR count). The molecule has 1 atom stereocenters. The molecule has 1 amide bonds. The van der Waals surface area contributed by atoms with Crippen LogP contribution in [0.1, 0.15) is 6.92 Å². The zero-order chi connectivity index (χ0) is 11.7. The van der Waals surface area contributed by atoms with Crippen LogP contribution in [-0.2, 0) is 4.79 Å². The maximum Gasteiger partial charge on any atom is 0.246 e. The monoisotopic (exact) mass is 219 g/mol. The maximum absolute atomic E-state index is 11.8. The lowest BCUT2D eigenvalue weighted by atomic mass is 10.1. The van der Waals surface area contributed by atoms with Gasteiger partial charge >= 0.3 is 0 Å². The van der Waals surface area contributed by atoms with Crippen LogP contribution in [0.15, 0.2) is 24.3 Å². The number of nitrogens with zero attached hydrogens (tertiary/aromatic N) is 2. The van der Waals surface area contributed by atoms with E-state index < -0.39 is 0 Å². The minimum absolute atomic E-state index is 0.110. The van der Waals surface area contributed by atoms with Crippen molar-refractivity contribution in [3.63, 3.8) is 0 Å². The van der Waals surface area contributed by atoms with Crippen LogP contribution < -0.4 is 15.5 Å². The summed E-state index contributed by atoms with van der Waals surface area (Å²) in [4.78, 5) is 15.6. The highest BCUT2D eigenvalue weighted by atomic mass is 16.2. The molecule has 0 saturated carbocycles. The SMILES string of the molecule is CC(CN)N1CC(=O)N(C)c2ccccc21. The number of benzene rings is 1. The van der Waals surface area contributed by atoms with Crippen molar-refractivity contribution in [2.45, 2.75) is 13.0 Å². The van der Waals surface area contributed by atoms with Gasteiger partial charge in [0.05, 0.1) is 17.9 Å². The van der Waals surface area contributed by atoms with Gasteiger partial charge in [0.2, 0.25) is 5.91 Å². The summed E-state index contributed by atoms with van der Waals surface area (Å²) in [5.74, 6) is 0.110. The van der Waals surface area contributed by atoms with Gasteiger partial charge in [-0.25, -0.2) is 0 Å². The van der Waals surface area contributed by atoms with Crippen molar-refractivity contribution in [2.75, 3.05) is 29.9 Å². The molecule has 1 aromatic carbocycles. The van der Waals surface area contributed by atoms with E-state index in [2.05, 4.69) is 4.90 Å². The number of carbonyl (C=O) groups is 1. The first-order chi connectivity index (χ1) is 7.65. The minimum atomic E-state index is 0.110. The summed E-state index contributed by atoms with van der Waals surface area (Å²) in [7, 11) is 1.81. The number of fused-ring (bicyclic) bond motifs is 1. The lowest BCUT2D eigenvalue weighted by Crippen LogP contribution is -2.49. The Kier molecular flexibility index (Phi) is 2.83. The van der Waals surface area contributed by atoms with E-state index >= 15 is 0 Å².